The van der Waals surface area contributed by atoms with Gasteiger partial charge in [0.2, 0.25) is 0 Å². The van der Waals surface area contributed by atoms with E-state index in [1.807, 2.05) is 0 Å². The highest BCUT2D eigenvalue weighted by atomic mass is 35.5. The van der Waals surface area contributed by atoms with E-state index < -0.39 is 11.7 Å². The average Bonchev–Trinajstić information content (AvgIpc) is 2.83. The van der Waals surface area contributed by atoms with Gasteiger partial charge in [0, 0.05) is 5.56 Å². The fourth-order valence-corrected chi connectivity index (χ4v) is 2.24. The summed E-state index contributed by atoms with van der Waals surface area (Å²) in [4.78, 5) is 0. The van der Waals surface area contributed by atoms with Gasteiger partial charge in [-0.3, -0.25) is 4.40 Å². The minimum atomic E-state index is -4.47. The van der Waals surface area contributed by atoms with Crippen molar-refractivity contribution >= 4 is 17.2 Å². The van der Waals surface area contributed by atoms with Crippen molar-refractivity contribution in [2.45, 2.75) is 6.18 Å². The summed E-state index contributed by atoms with van der Waals surface area (Å²) in [5.74, 6) is 0.0681. The van der Waals surface area contributed by atoms with Crippen molar-refractivity contribution in [3.05, 3.63) is 53.2 Å². The molecule has 0 fully saturated rings. The maximum atomic E-state index is 13.1. The van der Waals surface area contributed by atoms with Gasteiger partial charge in [0.15, 0.2) is 11.5 Å². The second-order valence-electron chi connectivity index (χ2n) is 4.11. The standard InChI is InChI=1S/C13H7ClF3N3/c14-10-6-3-7-11-18-19-12(20(10)11)8-4-1-2-5-9(8)13(15,16)17/h1-7H. The Morgan fingerprint density at radius 1 is 0.950 bits per heavy atom. The highest BCUT2D eigenvalue weighted by Crippen LogP contribution is 2.36. The predicted octanol–water partition coefficient (Wildman–Crippen LogP) is 4.07. The zero-order chi connectivity index (χ0) is 14.3. The normalized spacial score (nSPS) is 12.0. The largest absolute Gasteiger partial charge is 0.417 e. The summed E-state index contributed by atoms with van der Waals surface area (Å²) in [5.41, 5.74) is -0.431. The number of rotatable bonds is 1. The van der Waals surface area contributed by atoms with Crippen molar-refractivity contribution in [1.82, 2.24) is 14.6 Å². The fraction of sp³-hybridized carbons (Fsp3) is 0.0769. The van der Waals surface area contributed by atoms with Crippen LogP contribution in [-0.2, 0) is 6.18 Å². The molecule has 3 nitrogen and oxygen atoms in total. The van der Waals surface area contributed by atoms with Crippen LogP contribution in [0.4, 0.5) is 13.2 Å². The maximum Gasteiger partial charge on any atom is 0.417 e. The van der Waals surface area contributed by atoms with E-state index in [1.54, 1.807) is 18.2 Å². The molecule has 102 valence electrons. The van der Waals surface area contributed by atoms with Crippen molar-refractivity contribution in [1.29, 1.82) is 0 Å². The first-order valence-corrected chi connectivity index (χ1v) is 6.02. The van der Waals surface area contributed by atoms with Gasteiger partial charge in [0.05, 0.1) is 5.56 Å². The predicted molar refractivity (Wildman–Crippen MR) is 68.4 cm³/mol. The molecule has 2 aromatic heterocycles. The lowest BCUT2D eigenvalue weighted by Crippen LogP contribution is -2.08. The minimum Gasteiger partial charge on any atom is -0.265 e. The molecule has 0 bridgehead atoms. The molecule has 7 heteroatoms. The van der Waals surface area contributed by atoms with Gasteiger partial charge in [-0.1, -0.05) is 35.9 Å². The molecule has 0 atom stereocenters. The first-order valence-electron chi connectivity index (χ1n) is 5.65. The van der Waals surface area contributed by atoms with E-state index in [0.717, 1.165) is 6.07 Å². The summed E-state index contributed by atoms with van der Waals surface area (Å²) >= 11 is 6.02. The molecule has 1 aromatic carbocycles. The topological polar surface area (TPSA) is 30.2 Å². The monoisotopic (exact) mass is 297 g/mol. The van der Waals surface area contributed by atoms with Crippen molar-refractivity contribution in [3.63, 3.8) is 0 Å². The molecule has 3 rings (SSSR count). The summed E-state index contributed by atoms with van der Waals surface area (Å²) in [6, 6.07) is 10.1. The Balaban J connectivity index is 2.33. The fourth-order valence-electron chi connectivity index (χ4n) is 2.00. The molecule has 0 aliphatic rings. The lowest BCUT2D eigenvalue weighted by Gasteiger charge is -2.11. The Bertz CT molecular complexity index is 780. The Kier molecular flexibility index (Phi) is 2.90. The third kappa shape index (κ3) is 2.02. The lowest BCUT2D eigenvalue weighted by atomic mass is 10.1. The van der Waals surface area contributed by atoms with E-state index in [0.29, 0.717) is 5.65 Å². The van der Waals surface area contributed by atoms with E-state index in [-0.39, 0.29) is 16.5 Å². The number of hydrogen-bond acceptors (Lipinski definition) is 2. The zero-order valence-corrected chi connectivity index (χ0v) is 10.7. The first-order chi connectivity index (χ1) is 9.48. The van der Waals surface area contributed by atoms with Gasteiger partial charge in [-0.15, -0.1) is 10.2 Å². The second kappa shape index (κ2) is 4.49. The van der Waals surface area contributed by atoms with Crippen LogP contribution in [-0.4, -0.2) is 14.6 Å². The Morgan fingerprint density at radius 2 is 1.70 bits per heavy atom. The highest BCUT2D eigenvalue weighted by molar-refractivity contribution is 6.29. The molecule has 0 saturated carbocycles. The summed E-state index contributed by atoms with van der Waals surface area (Å²) in [6.45, 7) is 0. The molecule has 3 aromatic rings. The second-order valence-corrected chi connectivity index (χ2v) is 4.50. The van der Waals surface area contributed by atoms with Crippen LogP contribution >= 0.6 is 11.6 Å². The van der Waals surface area contributed by atoms with Crippen LogP contribution in [0.2, 0.25) is 5.15 Å². The van der Waals surface area contributed by atoms with Crippen molar-refractivity contribution in [3.8, 4) is 11.4 Å². The first kappa shape index (κ1) is 12.9. The van der Waals surface area contributed by atoms with E-state index in [9.17, 15) is 13.2 Å². The van der Waals surface area contributed by atoms with Gasteiger partial charge in [0.1, 0.15) is 5.15 Å². The molecule has 2 heterocycles. The number of alkyl halides is 3. The van der Waals surface area contributed by atoms with Crippen LogP contribution < -0.4 is 0 Å². The molecule has 0 aliphatic carbocycles. The molecule has 0 aliphatic heterocycles. The van der Waals surface area contributed by atoms with Crippen LogP contribution in [0, 0.1) is 0 Å². The number of fused-ring (bicyclic) bond motifs is 1. The SMILES string of the molecule is FC(F)(F)c1ccccc1-c1nnc2cccc(Cl)n12. The van der Waals surface area contributed by atoms with Crippen LogP contribution in [0.3, 0.4) is 0 Å². The van der Waals surface area contributed by atoms with Crippen molar-refractivity contribution < 1.29 is 13.2 Å². The van der Waals surface area contributed by atoms with Gasteiger partial charge in [0.25, 0.3) is 0 Å². The van der Waals surface area contributed by atoms with Gasteiger partial charge in [-0.25, -0.2) is 0 Å². The summed E-state index contributed by atoms with van der Waals surface area (Å²) < 4.78 is 40.5. The summed E-state index contributed by atoms with van der Waals surface area (Å²) in [7, 11) is 0. The molecule has 0 saturated heterocycles. The van der Waals surface area contributed by atoms with Crippen LogP contribution in [0.5, 0.6) is 0 Å². The molecule has 0 N–H and O–H groups in total. The third-order valence-corrected chi connectivity index (χ3v) is 3.15. The van der Waals surface area contributed by atoms with Gasteiger partial charge in [-0.05, 0) is 18.2 Å². The molecule has 0 spiro atoms. The average molecular weight is 298 g/mol. The van der Waals surface area contributed by atoms with E-state index in [4.69, 9.17) is 11.6 Å². The highest BCUT2D eigenvalue weighted by Gasteiger charge is 2.34. The lowest BCUT2D eigenvalue weighted by molar-refractivity contribution is -0.137. The Morgan fingerprint density at radius 3 is 2.45 bits per heavy atom. The van der Waals surface area contributed by atoms with Crippen LogP contribution in [0.1, 0.15) is 5.56 Å². The number of aromatic nitrogens is 3. The number of nitrogens with zero attached hydrogens (tertiary/aromatic N) is 3. The van der Waals surface area contributed by atoms with E-state index in [2.05, 4.69) is 10.2 Å². The van der Waals surface area contributed by atoms with E-state index >= 15 is 0 Å². The molecule has 0 unspecified atom stereocenters. The van der Waals surface area contributed by atoms with Crippen molar-refractivity contribution in [2.24, 2.45) is 0 Å². The Labute approximate surface area is 116 Å². The summed E-state index contributed by atoms with van der Waals surface area (Å²) in [6.07, 6.45) is -4.47. The number of benzene rings is 1. The zero-order valence-electron chi connectivity index (χ0n) is 9.89. The molecular weight excluding hydrogens is 291 g/mol. The molecule has 0 amide bonds. The molecule has 0 radical (unpaired) electrons. The van der Waals surface area contributed by atoms with Crippen molar-refractivity contribution in [2.75, 3.05) is 0 Å². The Hall–Kier alpha value is -2.08. The molecule has 20 heavy (non-hydrogen) atoms. The molecular formula is C13H7ClF3N3. The van der Waals surface area contributed by atoms with Gasteiger partial charge < -0.3 is 0 Å². The van der Waals surface area contributed by atoms with Crippen LogP contribution in [0.15, 0.2) is 42.5 Å². The van der Waals surface area contributed by atoms with Gasteiger partial charge in [-0.2, -0.15) is 13.2 Å². The third-order valence-electron chi connectivity index (χ3n) is 2.85. The van der Waals surface area contributed by atoms with Crippen LogP contribution in [0.25, 0.3) is 17.0 Å². The quantitative estimate of drug-likeness (QED) is 0.634. The number of halogens is 4. The van der Waals surface area contributed by atoms with E-state index in [1.165, 1.54) is 22.6 Å². The maximum absolute atomic E-state index is 13.1. The van der Waals surface area contributed by atoms with Gasteiger partial charge >= 0.3 is 6.18 Å². The summed E-state index contributed by atoms with van der Waals surface area (Å²) in [5, 5.41) is 7.92. The smallest absolute Gasteiger partial charge is 0.265 e. The number of pyridine rings is 1. The number of hydrogen-bond donors (Lipinski definition) is 0. The minimum absolute atomic E-state index is 0.0550.